The predicted molar refractivity (Wildman–Crippen MR) is 132 cm³/mol. The number of rotatable bonds is 8. The number of benzene rings is 2. The molecule has 4 unspecified atom stereocenters. The van der Waals surface area contributed by atoms with Crippen molar-refractivity contribution in [2.45, 2.75) is 32.0 Å². The highest BCUT2D eigenvalue weighted by Crippen LogP contribution is 2.42. The van der Waals surface area contributed by atoms with Crippen LogP contribution in [0.3, 0.4) is 0 Å². The maximum Gasteiger partial charge on any atom is 0.411 e. The minimum atomic E-state index is -0.554. The van der Waals surface area contributed by atoms with E-state index >= 15 is 0 Å². The molecule has 2 N–H and O–H groups in total. The van der Waals surface area contributed by atoms with Gasteiger partial charge in [-0.3, -0.25) is 10.2 Å². The zero-order valence-electron chi connectivity index (χ0n) is 20.1. The lowest BCUT2D eigenvalue weighted by atomic mass is 9.90. The smallest absolute Gasteiger partial charge is 0.411 e. The van der Waals surface area contributed by atoms with Gasteiger partial charge >= 0.3 is 6.09 Å². The number of ether oxygens (including phenoxy) is 4. The van der Waals surface area contributed by atoms with Crippen LogP contribution in [0.2, 0.25) is 0 Å². The van der Waals surface area contributed by atoms with Gasteiger partial charge in [-0.15, -0.1) is 0 Å². The summed E-state index contributed by atoms with van der Waals surface area (Å²) in [4.78, 5) is 14.2. The van der Waals surface area contributed by atoms with Gasteiger partial charge in [-0.25, -0.2) is 4.79 Å². The van der Waals surface area contributed by atoms with E-state index in [-0.39, 0.29) is 31.3 Å². The molecule has 1 amide bonds. The lowest BCUT2D eigenvalue weighted by molar-refractivity contribution is -0.277. The molecule has 2 fully saturated rings. The van der Waals surface area contributed by atoms with Gasteiger partial charge in [-0.2, -0.15) is 0 Å². The molecule has 4 rings (SSSR count). The van der Waals surface area contributed by atoms with Gasteiger partial charge in [0.25, 0.3) is 0 Å². The number of carbonyl (C=O) groups is 1. The van der Waals surface area contributed by atoms with Gasteiger partial charge in [0, 0.05) is 36.8 Å². The molecule has 0 aliphatic carbocycles. The molecular formula is C27H34N2O6. The molecule has 0 bridgehead atoms. The van der Waals surface area contributed by atoms with Crippen LogP contribution in [-0.2, 0) is 25.6 Å². The summed E-state index contributed by atoms with van der Waals surface area (Å²) in [6.45, 7) is 9.89. The summed E-state index contributed by atoms with van der Waals surface area (Å²) in [5, 5.41) is 12.1. The number of nitrogens with one attached hydrogen (secondary N) is 1. The van der Waals surface area contributed by atoms with Crippen molar-refractivity contribution in [2.24, 2.45) is 5.92 Å². The second-order valence-electron chi connectivity index (χ2n) is 8.87. The first-order valence-electron chi connectivity index (χ1n) is 12.0. The SMILES string of the molecule is C=CCOC(=O)Nc1ccc(C2OC(CN3CCOCC3)C(C)C(c3ccc(CO)cc3)O2)cc1. The second kappa shape index (κ2) is 12.3. The fraction of sp³-hybridized carbons (Fsp3) is 0.444. The van der Waals surface area contributed by atoms with Crippen LogP contribution in [0.4, 0.5) is 10.5 Å². The van der Waals surface area contributed by atoms with Crippen LogP contribution in [0.1, 0.15) is 36.0 Å². The minimum absolute atomic E-state index is 0.00820. The fourth-order valence-corrected chi connectivity index (χ4v) is 4.38. The van der Waals surface area contributed by atoms with Gasteiger partial charge < -0.3 is 24.1 Å². The van der Waals surface area contributed by atoms with E-state index in [1.54, 1.807) is 12.1 Å². The first kappa shape index (κ1) is 25.3. The number of morpholine rings is 1. The molecule has 35 heavy (non-hydrogen) atoms. The molecule has 2 aliphatic heterocycles. The third-order valence-electron chi connectivity index (χ3n) is 6.43. The van der Waals surface area contributed by atoms with Gasteiger partial charge in [0.05, 0.1) is 32.0 Å². The number of anilines is 1. The predicted octanol–water partition coefficient (Wildman–Crippen LogP) is 4.04. The van der Waals surface area contributed by atoms with Gasteiger partial charge in [0.1, 0.15) is 6.61 Å². The summed E-state index contributed by atoms with van der Waals surface area (Å²) >= 11 is 0. The summed E-state index contributed by atoms with van der Waals surface area (Å²) in [6.07, 6.45) is 0.220. The van der Waals surface area contributed by atoms with E-state index < -0.39 is 12.4 Å². The van der Waals surface area contributed by atoms with Crippen molar-refractivity contribution in [1.82, 2.24) is 4.90 Å². The number of aliphatic hydroxyl groups excluding tert-OH is 1. The van der Waals surface area contributed by atoms with Crippen LogP contribution in [0.15, 0.2) is 61.2 Å². The molecule has 0 aromatic heterocycles. The summed E-state index contributed by atoms with van der Waals surface area (Å²) < 4.78 is 23.5. The van der Waals surface area contributed by atoms with E-state index in [0.717, 1.165) is 49.5 Å². The maximum atomic E-state index is 11.8. The van der Waals surface area contributed by atoms with Crippen LogP contribution >= 0.6 is 0 Å². The van der Waals surface area contributed by atoms with E-state index in [1.807, 2.05) is 36.4 Å². The molecule has 2 saturated heterocycles. The van der Waals surface area contributed by atoms with Gasteiger partial charge in [-0.05, 0) is 23.3 Å². The Hall–Kier alpha value is -2.75. The molecule has 2 aromatic rings. The Kier molecular flexibility index (Phi) is 8.90. The summed E-state index contributed by atoms with van der Waals surface area (Å²) in [7, 11) is 0. The van der Waals surface area contributed by atoms with Crippen molar-refractivity contribution in [3.05, 3.63) is 77.9 Å². The summed E-state index contributed by atoms with van der Waals surface area (Å²) in [5.74, 6) is 0.120. The minimum Gasteiger partial charge on any atom is -0.445 e. The van der Waals surface area contributed by atoms with Crippen molar-refractivity contribution < 1.29 is 28.8 Å². The van der Waals surface area contributed by atoms with Crippen LogP contribution in [0.25, 0.3) is 0 Å². The number of nitrogens with zero attached hydrogens (tertiary/aromatic N) is 1. The van der Waals surface area contributed by atoms with E-state index in [9.17, 15) is 9.90 Å². The Morgan fingerprint density at radius 2 is 1.80 bits per heavy atom. The Labute approximate surface area is 206 Å². The molecule has 2 aromatic carbocycles. The van der Waals surface area contributed by atoms with Gasteiger partial charge in [0.15, 0.2) is 6.29 Å². The van der Waals surface area contributed by atoms with Crippen LogP contribution in [0, 0.1) is 5.92 Å². The van der Waals surface area contributed by atoms with Crippen LogP contribution in [-0.4, -0.2) is 61.7 Å². The summed E-state index contributed by atoms with van der Waals surface area (Å²) in [5.41, 5.74) is 3.40. The third kappa shape index (κ3) is 6.68. The first-order valence-corrected chi connectivity index (χ1v) is 12.0. The number of aliphatic hydroxyl groups is 1. The van der Waals surface area contributed by atoms with E-state index in [4.69, 9.17) is 18.9 Å². The molecule has 188 valence electrons. The lowest BCUT2D eigenvalue weighted by Gasteiger charge is -2.43. The first-order chi connectivity index (χ1) is 17.1. The molecule has 0 radical (unpaired) electrons. The maximum absolute atomic E-state index is 11.8. The number of hydrogen-bond acceptors (Lipinski definition) is 7. The molecule has 2 heterocycles. The largest absolute Gasteiger partial charge is 0.445 e. The number of hydrogen-bond donors (Lipinski definition) is 2. The Morgan fingerprint density at radius 1 is 1.11 bits per heavy atom. The average molecular weight is 483 g/mol. The molecular weight excluding hydrogens is 448 g/mol. The Bertz CT molecular complexity index is 959. The fourth-order valence-electron chi connectivity index (χ4n) is 4.38. The zero-order chi connectivity index (χ0) is 24.6. The van der Waals surface area contributed by atoms with E-state index in [2.05, 4.69) is 23.7 Å². The quantitative estimate of drug-likeness (QED) is 0.549. The lowest BCUT2D eigenvalue weighted by Crippen LogP contribution is -2.47. The van der Waals surface area contributed by atoms with E-state index in [1.165, 1.54) is 6.08 Å². The molecule has 0 spiro atoms. The van der Waals surface area contributed by atoms with Crippen LogP contribution in [0.5, 0.6) is 0 Å². The molecule has 4 atom stereocenters. The molecule has 2 aliphatic rings. The average Bonchev–Trinajstić information content (AvgIpc) is 2.90. The molecule has 8 heteroatoms. The topological polar surface area (TPSA) is 89.5 Å². The molecule has 8 nitrogen and oxygen atoms in total. The van der Waals surface area contributed by atoms with Crippen molar-refractivity contribution in [2.75, 3.05) is 44.8 Å². The van der Waals surface area contributed by atoms with Gasteiger partial charge in [-0.1, -0.05) is 56.0 Å². The highest BCUT2D eigenvalue weighted by atomic mass is 16.7. The molecule has 0 saturated carbocycles. The standard InChI is InChI=1S/C27H34N2O6/c1-3-14-33-27(31)28-23-10-8-22(9-11-23)26-34-24(17-29-12-15-32-16-13-29)19(2)25(35-26)21-6-4-20(18-30)5-7-21/h3-11,19,24-26,30H,1,12-18H2,2H3,(H,28,31). The summed E-state index contributed by atoms with van der Waals surface area (Å²) in [6, 6.07) is 15.3. The number of carbonyl (C=O) groups excluding carboxylic acids is 1. The highest BCUT2D eigenvalue weighted by molar-refractivity contribution is 5.84. The van der Waals surface area contributed by atoms with Crippen molar-refractivity contribution in [1.29, 1.82) is 0 Å². The Balaban J connectivity index is 1.51. The normalized spacial score (nSPS) is 25.1. The third-order valence-corrected chi connectivity index (χ3v) is 6.43. The monoisotopic (exact) mass is 482 g/mol. The highest BCUT2D eigenvalue weighted by Gasteiger charge is 2.39. The van der Waals surface area contributed by atoms with Crippen molar-refractivity contribution in [3.63, 3.8) is 0 Å². The van der Waals surface area contributed by atoms with E-state index in [0.29, 0.717) is 5.69 Å². The Morgan fingerprint density at radius 3 is 2.46 bits per heavy atom. The van der Waals surface area contributed by atoms with Gasteiger partial charge in [0.2, 0.25) is 0 Å². The van der Waals surface area contributed by atoms with Crippen molar-refractivity contribution >= 4 is 11.8 Å². The second-order valence-corrected chi connectivity index (χ2v) is 8.87. The van der Waals surface area contributed by atoms with Crippen molar-refractivity contribution in [3.8, 4) is 0 Å². The van der Waals surface area contributed by atoms with Crippen LogP contribution < -0.4 is 5.32 Å². The number of amides is 1. The zero-order valence-corrected chi connectivity index (χ0v) is 20.1.